The number of likely N-dealkylation sites (tertiary alicyclic amines) is 1. The summed E-state index contributed by atoms with van der Waals surface area (Å²) in [5, 5.41) is 6.50. The van der Waals surface area contributed by atoms with Crippen LogP contribution < -0.4 is 10.6 Å². The van der Waals surface area contributed by atoms with Gasteiger partial charge in [0.05, 0.1) is 12.4 Å². The number of nitrogens with one attached hydrogen (secondary N) is 2. The Balaban J connectivity index is 1.41. The van der Waals surface area contributed by atoms with Crippen LogP contribution in [-0.2, 0) is 4.79 Å². The molecule has 2 heterocycles. The van der Waals surface area contributed by atoms with E-state index in [0.29, 0.717) is 12.0 Å². The summed E-state index contributed by atoms with van der Waals surface area (Å²) in [4.78, 5) is 22.8. The number of rotatable bonds is 6. The first-order valence-electron chi connectivity index (χ1n) is 9.89. The molecule has 2 unspecified atom stereocenters. The lowest BCUT2D eigenvalue weighted by molar-refractivity contribution is -0.127. The molecule has 0 radical (unpaired) electrons. The second-order valence-corrected chi connectivity index (χ2v) is 7.54. The van der Waals surface area contributed by atoms with Gasteiger partial charge < -0.3 is 20.1 Å². The number of amides is 1. The van der Waals surface area contributed by atoms with Crippen LogP contribution in [0, 0.1) is 11.8 Å². The van der Waals surface area contributed by atoms with E-state index in [4.69, 9.17) is 0 Å². The van der Waals surface area contributed by atoms with E-state index >= 15 is 0 Å². The highest BCUT2D eigenvalue weighted by Crippen LogP contribution is 2.27. The predicted molar refractivity (Wildman–Crippen MR) is 103 cm³/mol. The molecule has 1 saturated carbocycles. The summed E-state index contributed by atoms with van der Waals surface area (Å²) >= 11 is 0. The maximum atomic E-state index is 11.8. The Hall–Kier alpha value is -2.05. The molecule has 1 saturated heterocycles. The number of hydrogen-bond donors (Lipinski definition) is 2. The monoisotopic (exact) mass is 360 g/mol. The lowest BCUT2D eigenvalue weighted by Gasteiger charge is -2.39. The minimum absolute atomic E-state index is 0.230. The number of carbonyl (C=O) groups is 1. The average molecular weight is 361 g/mol. The van der Waals surface area contributed by atoms with Gasteiger partial charge in [-0.1, -0.05) is 13.3 Å². The molecule has 1 amide bonds. The van der Waals surface area contributed by atoms with Crippen molar-refractivity contribution in [2.75, 3.05) is 33.2 Å². The lowest BCUT2D eigenvalue weighted by Crippen LogP contribution is -2.49. The molecule has 2 atom stereocenters. The molecule has 1 aromatic rings. The van der Waals surface area contributed by atoms with Crippen LogP contribution in [0.15, 0.2) is 23.7 Å². The summed E-state index contributed by atoms with van der Waals surface area (Å²) in [6.45, 7) is 5.82. The van der Waals surface area contributed by atoms with Crippen molar-refractivity contribution in [3.05, 3.63) is 18.7 Å². The van der Waals surface area contributed by atoms with Gasteiger partial charge in [-0.2, -0.15) is 0 Å². The molecule has 0 aromatic carbocycles. The highest BCUT2D eigenvalue weighted by Gasteiger charge is 2.29. The number of piperidine rings is 1. The molecule has 7 nitrogen and oxygen atoms in total. The second-order valence-electron chi connectivity index (χ2n) is 7.54. The van der Waals surface area contributed by atoms with Gasteiger partial charge in [-0.15, -0.1) is 0 Å². The summed E-state index contributed by atoms with van der Waals surface area (Å²) in [6, 6.07) is 0.423. The Morgan fingerprint density at radius 1 is 1.27 bits per heavy atom. The standard InChI is InChI=1S/C19H32N6O/c1-15-7-11-24(13-17(15)25-12-10-21-14-25)19(20-2)23-9-4-8-22-18(26)16-5-3-6-16/h10,12,14-17H,3-9,11,13H2,1-2H3,(H,20,23)(H,22,26). The molecule has 1 aromatic heterocycles. The maximum absolute atomic E-state index is 11.8. The summed E-state index contributed by atoms with van der Waals surface area (Å²) in [5.41, 5.74) is 0. The molecule has 7 heteroatoms. The van der Waals surface area contributed by atoms with Crippen LogP contribution >= 0.6 is 0 Å². The zero-order valence-corrected chi connectivity index (χ0v) is 16.0. The van der Waals surface area contributed by atoms with Gasteiger partial charge in [0.25, 0.3) is 0 Å². The molecule has 0 bridgehead atoms. The van der Waals surface area contributed by atoms with Crippen molar-refractivity contribution in [2.24, 2.45) is 16.8 Å². The summed E-state index contributed by atoms with van der Waals surface area (Å²) in [5.74, 6) is 2.08. The SMILES string of the molecule is CN=C(NCCCNC(=O)C1CCC1)N1CCC(C)C(n2ccnc2)C1. The van der Waals surface area contributed by atoms with Gasteiger partial charge in [0.2, 0.25) is 5.91 Å². The third-order valence-corrected chi connectivity index (χ3v) is 5.75. The second kappa shape index (κ2) is 9.05. The molecule has 3 rings (SSSR count). The quantitative estimate of drug-likeness (QED) is 0.460. The van der Waals surface area contributed by atoms with E-state index in [2.05, 4.69) is 37.0 Å². The van der Waals surface area contributed by atoms with E-state index in [1.54, 1.807) is 0 Å². The highest BCUT2D eigenvalue weighted by molar-refractivity contribution is 5.80. The third kappa shape index (κ3) is 4.56. The Labute approximate surface area is 156 Å². The van der Waals surface area contributed by atoms with Crippen LogP contribution in [0.1, 0.15) is 45.1 Å². The van der Waals surface area contributed by atoms with Gasteiger partial charge in [-0.3, -0.25) is 9.79 Å². The zero-order valence-electron chi connectivity index (χ0n) is 16.0. The molecule has 2 aliphatic rings. The van der Waals surface area contributed by atoms with Crippen molar-refractivity contribution in [2.45, 2.75) is 45.1 Å². The van der Waals surface area contributed by atoms with Crippen molar-refractivity contribution < 1.29 is 4.79 Å². The fourth-order valence-corrected chi connectivity index (χ4v) is 3.74. The fourth-order valence-electron chi connectivity index (χ4n) is 3.74. The molecular weight excluding hydrogens is 328 g/mol. The molecular formula is C19H32N6O. The average Bonchev–Trinajstić information content (AvgIpc) is 3.11. The zero-order chi connectivity index (χ0) is 18.4. The van der Waals surface area contributed by atoms with Crippen LogP contribution in [0.25, 0.3) is 0 Å². The van der Waals surface area contributed by atoms with Crippen molar-refractivity contribution in [3.63, 3.8) is 0 Å². The van der Waals surface area contributed by atoms with E-state index in [-0.39, 0.29) is 11.8 Å². The van der Waals surface area contributed by atoms with Gasteiger partial charge in [-0.05, 0) is 31.6 Å². The lowest BCUT2D eigenvalue weighted by atomic mass is 9.85. The third-order valence-electron chi connectivity index (χ3n) is 5.75. The number of aromatic nitrogens is 2. The van der Waals surface area contributed by atoms with Crippen molar-refractivity contribution in [1.82, 2.24) is 25.1 Å². The van der Waals surface area contributed by atoms with Gasteiger partial charge in [0.1, 0.15) is 0 Å². The fraction of sp³-hybridized carbons (Fsp3) is 0.737. The Kier molecular flexibility index (Phi) is 6.52. The maximum Gasteiger partial charge on any atom is 0.223 e. The number of nitrogens with zero attached hydrogens (tertiary/aromatic N) is 4. The van der Waals surface area contributed by atoms with Crippen molar-refractivity contribution >= 4 is 11.9 Å². The first kappa shape index (κ1) is 18.7. The van der Waals surface area contributed by atoms with Crippen molar-refractivity contribution in [3.8, 4) is 0 Å². The first-order valence-corrected chi connectivity index (χ1v) is 9.89. The van der Waals surface area contributed by atoms with Crippen molar-refractivity contribution in [1.29, 1.82) is 0 Å². The summed E-state index contributed by atoms with van der Waals surface area (Å²) < 4.78 is 2.21. The van der Waals surface area contributed by atoms with Crippen LogP contribution in [-0.4, -0.2) is 59.5 Å². The molecule has 1 aliphatic carbocycles. The number of guanidine groups is 1. The molecule has 0 spiro atoms. The summed E-state index contributed by atoms with van der Waals surface area (Å²) in [6.07, 6.45) is 11.2. The minimum atomic E-state index is 0.230. The highest BCUT2D eigenvalue weighted by atomic mass is 16.1. The number of carbonyl (C=O) groups excluding carboxylic acids is 1. The van der Waals surface area contributed by atoms with E-state index in [9.17, 15) is 4.79 Å². The first-order chi connectivity index (χ1) is 12.7. The van der Waals surface area contributed by atoms with E-state index in [0.717, 1.165) is 57.8 Å². The van der Waals surface area contributed by atoms with Gasteiger partial charge in [0.15, 0.2) is 5.96 Å². The largest absolute Gasteiger partial charge is 0.356 e. The summed E-state index contributed by atoms with van der Waals surface area (Å²) in [7, 11) is 1.84. The Bertz CT molecular complexity index is 595. The Morgan fingerprint density at radius 3 is 2.73 bits per heavy atom. The molecule has 2 fully saturated rings. The molecule has 2 N–H and O–H groups in total. The molecule has 144 valence electrons. The van der Waals surface area contributed by atoms with Crippen LogP contribution in [0.4, 0.5) is 0 Å². The normalized spacial score (nSPS) is 24.2. The van der Waals surface area contributed by atoms with E-state index in [1.807, 2.05) is 25.8 Å². The van der Waals surface area contributed by atoms with Gasteiger partial charge in [0, 0.05) is 51.5 Å². The molecule has 26 heavy (non-hydrogen) atoms. The Morgan fingerprint density at radius 2 is 2.08 bits per heavy atom. The molecule has 1 aliphatic heterocycles. The topological polar surface area (TPSA) is 74.6 Å². The van der Waals surface area contributed by atoms with Gasteiger partial charge >= 0.3 is 0 Å². The van der Waals surface area contributed by atoms with Crippen LogP contribution in [0.5, 0.6) is 0 Å². The minimum Gasteiger partial charge on any atom is -0.356 e. The van der Waals surface area contributed by atoms with Gasteiger partial charge in [-0.25, -0.2) is 4.98 Å². The number of imidazole rings is 1. The smallest absolute Gasteiger partial charge is 0.223 e. The number of hydrogen-bond acceptors (Lipinski definition) is 3. The van der Waals surface area contributed by atoms with E-state index in [1.165, 1.54) is 6.42 Å². The van der Waals surface area contributed by atoms with Crippen LogP contribution in [0.2, 0.25) is 0 Å². The van der Waals surface area contributed by atoms with E-state index < -0.39 is 0 Å². The van der Waals surface area contributed by atoms with Crippen LogP contribution in [0.3, 0.4) is 0 Å². The number of aliphatic imine (C=N–C) groups is 1. The predicted octanol–water partition coefficient (Wildman–Crippen LogP) is 1.65.